The number of carboxylic acid groups (broad SMARTS) is 1. The Morgan fingerprint density at radius 3 is 2.66 bits per heavy atom. The van der Waals surface area contributed by atoms with Crippen LogP contribution in [0, 0.1) is 0 Å². The summed E-state index contributed by atoms with van der Waals surface area (Å²) in [7, 11) is 0. The van der Waals surface area contributed by atoms with Crippen molar-refractivity contribution in [3.8, 4) is 0 Å². The number of nitrogens with two attached hydrogens (primary N) is 1. The first-order valence-corrected chi connectivity index (χ1v) is 12.0. The Morgan fingerprint density at radius 2 is 1.94 bits per heavy atom. The van der Waals surface area contributed by atoms with Crippen LogP contribution in [-0.2, 0) is 4.74 Å². The molecule has 1 aromatic carbocycles. The summed E-state index contributed by atoms with van der Waals surface area (Å²) in [4.78, 5) is 48.4. The molecule has 0 aliphatic carbocycles. The number of nitrogens with one attached hydrogen (secondary N) is 2. The second-order valence-corrected chi connectivity index (χ2v) is 9.21. The monoisotopic (exact) mass is 547 g/mol. The number of piperidine rings is 1. The molecule has 1 unspecified atom stereocenters. The van der Waals surface area contributed by atoms with E-state index in [4.69, 9.17) is 15.6 Å². The van der Waals surface area contributed by atoms with Gasteiger partial charge in [-0.1, -0.05) is 15.9 Å². The molecular weight excluding hydrogens is 522 g/mol. The molecule has 4 rings (SSSR count). The molecule has 5 N–H and O–H groups in total. The Morgan fingerprint density at radius 1 is 1.17 bits per heavy atom. The summed E-state index contributed by atoms with van der Waals surface area (Å²) < 4.78 is 6.00. The van der Waals surface area contributed by atoms with Gasteiger partial charge in [0.05, 0.1) is 13.2 Å². The zero-order valence-corrected chi connectivity index (χ0v) is 20.5. The first-order valence-electron chi connectivity index (χ1n) is 11.2. The number of halogens is 1. The number of primary amides is 1. The highest BCUT2D eigenvalue weighted by Gasteiger charge is 2.25. The summed E-state index contributed by atoms with van der Waals surface area (Å²) in [6, 6.07) is 4.92. The third-order valence-corrected chi connectivity index (χ3v) is 6.24. The van der Waals surface area contributed by atoms with Gasteiger partial charge in [-0.3, -0.25) is 9.59 Å². The van der Waals surface area contributed by atoms with E-state index in [1.165, 1.54) is 6.20 Å². The standard InChI is InChI=1S/C22H26BrN7O5/c23-14-8-13(20(32)29-4-6-35-7-5-29)9-16(10-14)26-19-17(18(24)31)11-25-21(28-19)30-3-1-2-15(12-30)27-22(33)34/h8-11,15,27H,1-7,12H2,(H2,24,31)(H,33,34)(H,25,26,28). The molecule has 0 radical (unpaired) electrons. The maximum atomic E-state index is 13.0. The van der Waals surface area contributed by atoms with Gasteiger partial charge in [0.2, 0.25) is 5.95 Å². The fraction of sp³-hybridized carbons (Fsp3) is 0.409. The number of hydrogen-bond acceptors (Lipinski definition) is 8. The molecule has 35 heavy (non-hydrogen) atoms. The number of aromatic nitrogens is 2. The summed E-state index contributed by atoms with van der Waals surface area (Å²) in [5, 5.41) is 14.6. The fourth-order valence-corrected chi connectivity index (χ4v) is 4.62. The van der Waals surface area contributed by atoms with E-state index in [0.29, 0.717) is 67.5 Å². The number of anilines is 3. The van der Waals surface area contributed by atoms with Gasteiger partial charge < -0.3 is 36.0 Å². The minimum atomic E-state index is -1.08. The SMILES string of the molecule is NC(=O)c1cnc(N2CCCC(NC(=O)O)C2)nc1Nc1cc(Br)cc(C(=O)N2CCOCC2)c1. The Hall–Kier alpha value is -3.45. The molecule has 2 saturated heterocycles. The Bertz CT molecular complexity index is 1130. The van der Waals surface area contributed by atoms with Crippen molar-refractivity contribution in [1.82, 2.24) is 20.2 Å². The van der Waals surface area contributed by atoms with Crippen molar-refractivity contribution in [2.24, 2.45) is 5.73 Å². The van der Waals surface area contributed by atoms with Gasteiger partial charge in [0.15, 0.2) is 0 Å². The van der Waals surface area contributed by atoms with Crippen LogP contribution in [0.3, 0.4) is 0 Å². The van der Waals surface area contributed by atoms with Crippen molar-refractivity contribution < 1.29 is 24.2 Å². The fourth-order valence-electron chi connectivity index (χ4n) is 4.12. The zero-order chi connectivity index (χ0) is 24.9. The molecule has 2 aromatic rings. The Balaban J connectivity index is 1.59. The number of ether oxygens (including phenoxy) is 1. The second kappa shape index (κ2) is 10.9. The second-order valence-electron chi connectivity index (χ2n) is 8.29. The molecule has 13 heteroatoms. The van der Waals surface area contributed by atoms with Crippen LogP contribution >= 0.6 is 15.9 Å². The van der Waals surface area contributed by atoms with Gasteiger partial charge in [-0.25, -0.2) is 9.78 Å². The van der Waals surface area contributed by atoms with Crippen LogP contribution in [0.4, 0.5) is 22.2 Å². The molecule has 1 atom stereocenters. The largest absolute Gasteiger partial charge is 0.465 e. The number of carbonyl (C=O) groups is 3. The van der Waals surface area contributed by atoms with Crippen LogP contribution in [0.2, 0.25) is 0 Å². The van der Waals surface area contributed by atoms with Gasteiger partial charge in [0, 0.05) is 54.1 Å². The van der Waals surface area contributed by atoms with E-state index in [1.807, 2.05) is 4.90 Å². The normalized spacial score (nSPS) is 18.1. The lowest BCUT2D eigenvalue weighted by atomic mass is 10.1. The summed E-state index contributed by atoms with van der Waals surface area (Å²) in [6.07, 6.45) is 1.73. The Kier molecular flexibility index (Phi) is 7.66. The summed E-state index contributed by atoms with van der Waals surface area (Å²) in [6.45, 7) is 3.07. The number of hydrogen-bond donors (Lipinski definition) is 4. The lowest BCUT2D eigenvalue weighted by Crippen LogP contribution is -2.48. The van der Waals surface area contributed by atoms with Crippen LogP contribution in [0.1, 0.15) is 33.6 Å². The number of morpholine rings is 1. The smallest absolute Gasteiger partial charge is 0.404 e. The lowest BCUT2D eigenvalue weighted by molar-refractivity contribution is 0.0303. The quantitative estimate of drug-likeness (QED) is 0.422. The third-order valence-electron chi connectivity index (χ3n) is 5.78. The molecule has 2 fully saturated rings. The molecule has 0 saturated carbocycles. The third kappa shape index (κ3) is 6.17. The van der Waals surface area contributed by atoms with Crippen molar-refractivity contribution in [2.75, 3.05) is 49.6 Å². The zero-order valence-electron chi connectivity index (χ0n) is 18.9. The molecule has 1 aromatic heterocycles. The van der Waals surface area contributed by atoms with Crippen molar-refractivity contribution in [3.63, 3.8) is 0 Å². The highest BCUT2D eigenvalue weighted by atomic mass is 79.9. The molecular formula is C22H26BrN7O5. The van der Waals surface area contributed by atoms with Crippen LogP contribution in [-0.4, -0.2) is 83.3 Å². The van der Waals surface area contributed by atoms with E-state index in [-0.39, 0.29) is 23.3 Å². The maximum absolute atomic E-state index is 13.0. The number of benzene rings is 1. The van der Waals surface area contributed by atoms with Crippen LogP contribution in [0.15, 0.2) is 28.9 Å². The highest BCUT2D eigenvalue weighted by Crippen LogP contribution is 2.27. The summed E-state index contributed by atoms with van der Waals surface area (Å²) >= 11 is 3.45. The van der Waals surface area contributed by atoms with E-state index in [0.717, 1.165) is 6.42 Å². The Labute approximate surface area is 210 Å². The maximum Gasteiger partial charge on any atom is 0.404 e. The highest BCUT2D eigenvalue weighted by molar-refractivity contribution is 9.10. The summed E-state index contributed by atoms with van der Waals surface area (Å²) in [5.41, 5.74) is 6.64. The van der Waals surface area contributed by atoms with Crippen molar-refractivity contribution in [2.45, 2.75) is 18.9 Å². The van der Waals surface area contributed by atoms with Crippen LogP contribution in [0.25, 0.3) is 0 Å². The minimum absolute atomic E-state index is 0.0898. The van der Waals surface area contributed by atoms with Gasteiger partial charge >= 0.3 is 6.09 Å². The van der Waals surface area contributed by atoms with Crippen molar-refractivity contribution >= 4 is 51.3 Å². The molecule has 186 valence electrons. The predicted octanol–water partition coefficient (Wildman–Crippen LogP) is 1.79. The van der Waals surface area contributed by atoms with Gasteiger partial charge in [0.1, 0.15) is 11.4 Å². The van der Waals surface area contributed by atoms with Crippen molar-refractivity contribution in [3.05, 3.63) is 40.0 Å². The first-order chi connectivity index (χ1) is 16.8. The van der Waals surface area contributed by atoms with Gasteiger partial charge in [-0.2, -0.15) is 4.98 Å². The van der Waals surface area contributed by atoms with E-state index in [9.17, 15) is 14.4 Å². The summed E-state index contributed by atoms with van der Waals surface area (Å²) in [5.74, 6) is -0.295. The average Bonchev–Trinajstić information content (AvgIpc) is 2.83. The van der Waals surface area contributed by atoms with Crippen molar-refractivity contribution in [1.29, 1.82) is 0 Å². The molecule has 3 heterocycles. The van der Waals surface area contributed by atoms with E-state index < -0.39 is 12.0 Å². The van der Waals surface area contributed by atoms with E-state index in [1.54, 1.807) is 23.1 Å². The van der Waals surface area contributed by atoms with Gasteiger partial charge in [-0.15, -0.1) is 0 Å². The van der Waals surface area contributed by atoms with Crippen LogP contribution in [0.5, 0.6) is 0 Å². The topological polar surface area (TPSA) is 163 Å². The predicted molar refractivity (Wildman–Crippen MR) is 131 cm³/mol. The molecule has 2 aliphatic heterocycles. The molecule has 0 bridgehead atoms. The lowest BCUT2D eigenvalue weighted by Gasteiger charge is -2.32. The molecule has 2 aliphatic rings. The molecule has 12 nitrogen and oxygen atoms in total. The number of nitrogens with zero attached hydrogens (tertiary/aromatic N) is 4. The van der Waals surface area contributed by atoms with E-state index >= 15 is 0 Å². The number of amides is 3. The molecule has 0 spiro atoms. The first kappa shape index (κ1) is 24.7. The molecule has 3 amide bonds. The minimum Gasteiger partial charge on any atom is -0.465 e. The van der Waals surface area contributed by atoms with Gasteiger partial charge in [0.25, 0.3) is 11.8 Å². The number of carbonyl (C=O) groups excluding carboxylic acids is 2. The van der Waals surface area contributed by atoms with E-state index in [2.05, 4.69) is 36.5 Å². The van der Waals surface area contributed by atoms with Gasteiger partial charge in [-0.05, 0) is 31.0 Å². The number of rotatable bonds is 6. The van der Waals surface area contributed by atoms with Crippen LogP contribution < -0.4 is 21.3 Å². The average molecular weight is 548 g/mol.